The van der Waals surface area contributed by atoms with E-state index >= 15 is 0 Å². The number of allylic oxidation sites excluding steroid dienone is 1. The molecule has 0 saturated heterocycles. The van der Waals surface area contributed by atoms with E-state index in [1.165, 1.54) is 14.2 Å². The molecular weight excluding hydrogens is 132 g/mol. The van der Waals surface area contributed by atoms with Gasteiger partial charge in [-0.1, -0.05) is 6.58 Å². The van der Waals surface area contributed by atoms with Gasteiger partial charge in [-0.05, 0) is 6.92 Å². The summed E-state index contributed by atoms with van der Waals surface area (Å²) < 4.78 is 9.38. The van der Waals surface area contributed by atoms with E-state index in [0.717, 1.165) is 0 Å². The molecule has 0 bridgehead atoms. The lowest BCUT2D eigenvalue weighted by Gasteiger charge is -2.05. The molecule has 0 aliphatic carbocycles. The van der Waals surface area contributed by atoms with E-state index in [9.17, 15) is 0 Å². The first-order valence-electron chi connectivity index (χ1n) is 2.80. The van der Waals surface area contributed by atoms with Gasteiger partial charge in [-0.2, -0.15) is 0 Å². The van der Waals surface area contributed by atoms with Crippen LogP contribution in [0.5, 0.6) is 0 Å². The van der Waals surface area contributed by atoms with Crippen LogP contribution in [-0.2, 0) is 9.47 Å². The van der Waals surface area contributed by atoms with Crippen LogP contribution in [0, 0.1) is 0 Å². The van der Waals surface area contributed by atoms with Gasteiger partial charge in [0.2, 0.25) is 0 Å². The zero-order valence-electron chi connectivity index (χ0n) is 6.47. The molecule has 58 valence electrons. The van der Waals surface area contributed by atoms with E-state index in [1.54, 1.807) is 6.92 Å². The average Bonchev–Trinajstić information content (AvgIpc) is 2.00. The summed E-state index contributed by atoms with van der Waals surface area (Å²) in [6.07, 6.45) is 0. The quantitative estimate of drug-likeness (QED) is 0.482. The number of aliphatic hydroxyl groups is 1. The van der Waals surface area contributed by atoms with Crippen LogP contribution >= 0.6 is 0 Å². The fraction of sp³-hybridized carbons (Fsp3) is 0.429. The normalized spacial score (nSPS) is 11.9. The maximum absolute atomic E-state index is 9.12. The molecule has 0 unspecified atom stereocenters. The topological polar surface area (TPSA) is 38.7 Å². The lowest BCUT2D eigenvalue weighted by atomic mass is 10.4. The van der Waals surface area contributed by atoms with Crippen molar-refractivity contribution < 1.29 is 14.6 Å². The van der Waals surface area contributed by atoms with Crippen LogP contribution in [0.3, 0.4) is 0 Å². The number of ether oxygens (including phenoxy) is 2. The highest BCUT2D eigenvalue weighted by Crippen LogP contribution is 2.09. The van der Waals surface area contributed by atoms with Gasteiger partial charge in [0.1, 0.15) is 5.76 Å². The van der Waals surface area contributed by atoms with Gasteiger partial charge in [0, 0.05) is 0 Å². The van der Waals surface area contributed by atoms with E-state index in [-0.39, 0.29) is 11.5 Å². The molecule has 0 aromatic rings. The Morgan fingerprint density at radius 3 is 2.10 bits per heavy atom. The molecule has 0 amide bonds. The average molecular weight is 144 g/mol. The Morgan fingerprint density at radius 2 is 1.80 bits per heavy atom. The second kappa shape index (κ2) is 3.82. The first kappa shape index (κ1) is 8.88. The van der Waals surface area contributed by atoms with Crippen molar-refractivity contribution in [3.05, 3.63) is 23.9 Å². The maximum atomic E-state index is 9.12. The molecule has 0 rings (SSSR count). The summed E-state index contributed by atoms with van der Waals surface area (Å²) in [5.74, 6) is 0.552. The minimum Gasteiger partial charge on any atom is -0.502 e. The van der Waals surface area contributed by atoms with E-state index in [2.05, 4.69) is 11.3 Å². The number of hydrogen-bond acceptors (Lipinski definition) is 3. The van der Waals surface area contributed by atoms with Crippen LogP contribution < -0.4 is 0 Å². The van der Waals surface area contributed by atoms with Gasteiger partial charge in [0.05, 0.1) is 14.2 Å². The molecule has 0 spiro atoms. The third kappa shape index (κ3) is 2.01. The molecule has 0 aliphatic rings. The molecule has 3 heteroatoms. The molecule has 0 saturated carbocycles. The molecular formula is C7H12O3. The van der Waals surface area contributed by atoms with Gasteiger partial charge in [-0.15, -0.1) is 0 Å². The fourth-order valence-electron chi connectivity index (χ4n) is 0.390. The lowest BCUT2D eigenvalue weighted by molar-refractivity contribution is 0.218. The van der Waals surface area contributed by atoms with Gasteiger partial charge < -0.3 is 14.6 Å². The minimum absolute atomic E-state index is 0.0509. The largest absolute Gasteiger partial charge is 0.502 e. The van der Waals surface area contributed by atoms with E-state index in [0.29, 0.717) is 5.76 Å². The predicted molar refractivity (Wildman–Crippen MR) is 38.5 cm³/mol. The molecule has 1 N–H and O–H groups in total. The smallest absolute Gasteiger partial charge is 0.195 e. The summed E-state index contributed by atoms with van der Waals surface area (Å²) in [5.41, 5.74) is 0. The number of aliphatic hydroxyl groups excluding tert-OH is 1. The third-order valence-corrected chi connectivity index (χ3v) is 1.15. The molecule has 0 aromatic heterocycles. The second-order valence-corrected chi connectivity index (χ2v) is 1.74. The molecule has 0 fully saturated rings. The summed E-state index contributed by atoms with van der Waals surface area (Å²) in [6, 6.07) is 0. The molecule has 10 heavy (non-hydrogen) atoms. The van der Waals surface area contributed by atoms with E-state index in [4.69, 9.17) is 9.84 Å². The Labute approximate surface area is 60.6 Å². The van der Waals surface area contributed by atoms with Crippen molar-refractivity contribution >= 4 is 0 Å². The first-order chi connectivity index (χ1) is 4.63. The lowest BCUT2D eigenvalue weighted by Crippen LogP contribution is -1.94. The van der Waals surface area contributed by atoms with Gasteiger partial charge in [-0.25, -0.2) is 0 Å². The molecule has 0 aromatic carbocycles. The Morgan fingerprint density at radius 1 is 1.30 bits per heavy atom. The van der Waals surface area contributed by atoms with Crippen molar-refractivity contribution in [3.8, 4) is 0 Å². The Balaban J connectivity index is 4.30. The molecule has 0 heterocycles. The Hall–Kier alpha value is -1.12. The van der Waals surface area contributed by atoms with Gasteiger partial charge in [0.15, 0.2) is 11.5 Å². The number of methoxy groups -OCH3 is 2. The van der Waals surface area contributed by atoms with Gasteiger partial charge >= 0.3 is 0 Å². The van der Waals surface area contributed by atoms with Crippen LogP contribution in [0.4, 0.5) is 0 Å². The van der Waals surface area contributed by atoms with Crippen LogP contribution in [0.1, 0.15) is 6.92 Å². The van der Waals surface area contributed by atoms with Crippen LogP contribution in [0.25, 0.3) is 0 Å². The molecule has 0 atom stereocenters. The Kier molecular flexibility index (Phi) is 3.39. The maximum Gasteiger partial charge on any atom is 0.195 e. The first-order valence-corrected chi connectivity index (χ1v) is 2.80. The third-order valence-electron chi connectivity index (χ3n) is 1.15. The molecule has 0 aliphatic heterocycles. The van der Waals surface area contributed by atoms with Crippen LogP contribution in [0.2, 0.25) is 0 Å². The summed E-state index contributed by atoms with van der Waals surface area (Å²) >= 11 is 0. The van der Waals surface area contributed by atoms with Crippen LogP contribution in [0.15, 0.2) is 23.9 Å². The van der Waals surface area contributed by atoms with Crippen molar-refractivity contribution in [2.24, 2.45) is 0 Å². The van der Waals surface area contributed by atoms with Crippen molar-refractivity contribution in [1.29, 1.82) is 0 Å². The summed E-state index contributed by atoms with van der Waals surface area (Å²) in [5, 5.41) is 9.12. The summed E-state index contributed by atoms with van der Waals surface area (Å²) in [7, 11) is 2.90. The molecule has 3 nitrogen and oxygen atoms in total. The Bertz CT molecular complexity index is 158. The second-order valence-electron chi connectivity index (χ2n) is 1.74. The van der Waals surface area contributed by atoms with Gasteiger partial charge in [0.25, 0.3) is 0 Å². The van der Waals surface area contributed by atoms with Crippen LogP contribution in [-0.4, -0.2) is 19.3 Å². The van der Waals surface area contributed by atoms with Crippen molar-refractivity contribution in [1.82, 2.24) is 0 Å². The highest BCUT2D eigenvalue weighted by Gasteiger charge is 2.03. The molecule has 0 radical (unpaired) electrons. The van der Waals surface area contributed by atoms with Gasteiger partial charge in [-0.3, -0.25) is 0 Å². The number of hydrogen-bond donors (Lipinski definition) is 1. The number of rotatable bonds is 3. The zero-order valence-corrected chi connectivity index (χ0v) is 6.47. The highest BCUT2D eigenvalue weighted by atomic mass is 16.5. The summed E-state index contributed by atoms with van der Waals surface area (Å²) in [4.78, 5) is 0. The zero-order chi connectivity index (χ0) is 8.15. The predicted octanol–water partition coefficient (Wildman–Crippen LogP) is 1.58. The van der Waals surface area contributed by atoms with Crippen molar-refractivity contribution in [2.45, 2.75) is 6.92 Å². The minimum atomic E-state index is -0.0509. The van der Waals surface area contributed by atoms with Crippen molar-refractivity contribution in [2.75, 3.05) is 14.2 Å². The van der Waals surface area contributed by atoms with E-state index < -0.39 is 0 Å². The van der Waals surface area contributed by atoms with Crippen molar-refractivity contribution in [3.63, 3.8) is 0 Å². The summed E-state index contributed by atoms with van der Waals surface area (Å²) in [6.45, 7) is 5.06. The SMILES string of the molecule is C=C(OC)/C(O)=C(\C)OC. The standard InChI is InChI=1S/C7H12O3/c1-5(9-3)7(8)6(2)10-4/h8H,1H2,2-4H3/b7-6-. The highest BCUT2D eigenvalue weighted by molar-refractivity contribution is 5.17. The van der Waals surface area contributed by atoms with E-state index in [1.807, 2.05) is 0 Å². The fourth-order valence-corrected chi connectivity index (χ4v) is 0.390. The monoisotopic (exact) mass is 144 g/mol.